The Balaban J connectivity index is 2.59. The van der Waals surface area contributed by atoms with Crippen molar-refractivity contribution in [3.8, 4) is 5.75 Å². The molecule has 1 aliphatic carbocycles. The van der Waals surface area contributed by atoms with Crippen LogP contribution < -0.4 is 0 Å². The highest BCUT2D eigenvalue weighted by atomic mass is 35.5. The van der Waals surface area contributed by atoms with Crippen LogP contribution in [0.25, 0.3) is 10.8 Å². The number of benzene rings is 2. The van der Waals surface area contributed by atoms with E-state index in [-0.39, 0.29) is 16.6 Å². The molecule has 74 valence electrons. The van der Waals surface area contributed by atoms with Crippen LogP contribution >= 0.6 is 11.6 Å². The van der Waals surface area contributed by atoms with Crippen molar-refractivity contribution in [2.75, 3.05) is 0 Å². The van der Waals surface area contributed by atoms with E-state index in [1.807, 2.05) is 18.2 Å². The van der Waals surface area contributed by atoms with Gasteiger partial charge in [-0.25, -0.2) is 0 Å². The smallest absolute Gasteiger partial charge is 0.169 e. The number of rotatable bonds is 0. The Morgan fingerprint density at radius 3 is 2.93 bits per heavy atom. The molecular formula is C12H7ClO2. The van der Waals surface area contributed by atoms with Gasteiger partial charge in [-0.3, -0.25) is 4.79 Å². The molecule has 0 spiro atoms. The van der Waals surface area contributed by atoms with E-state index in [9.17, 15) is 9.90 Å². The first-order chi connectivity index (χ1) is 7.18. The SMILES string of the molecule is O=C1Cc2cccc3cc(O)c(Cl)c1c23. The number of phenols is 1. The lowest BCUT2D eigenvalue weighted by Gasteiger charge is -2.04. The summed E-state index contributed by atoms with van der Waals surface area (Å²) in [7, 11) is 0. The van der Waals surface area contributed by atoms with Crippen molar-refractivity contribution < 1.29 is 9.90 Å². The van der Waals surface area contributed by atoms with Crippen LogP contribution in [0, 0.1) is 0 Å². The first-order valence-electron chi connectivity index (χ1n) is 4.65. The second-order valence-corrected chi connectivity index (χ2v) is 4.08. The number of hydrogen-bond donors (Lipinski definition) is 1. The number of Topliss-reactive ketones (excluding diaryl/α,β-unsaturated/α-hetero) is 1. The summed E-state index contributed by atoms with van der Waals surface area (Å²) in [5, 5.41) is 11.5. The van der Waals surface area contributed by atoms with Gasteiger partial charge < -0.3 is 5.11 Å². The molecule has 0 saturated heterocycles. The zero-order valence-electron chi connectivity index (χ0n) is 7.75. The third kappa shape index (κ3) is 1.03. The Hall–Kier alpha value is -1.54. The highest BCUT2D eigenvalue weighted by Gasteiger charge is 2.26. The van der Waals surface area contributed by atoms with Gasteiger partial charge in [0.25, 0.3) is 0 Å². The van der Waals surface area contributed by atoms with Crippen molar-refractivity contribution in [1.82, 2.24) is 0 Å². The Labute approximate surface area is 91.1 Å². The molecule has 0 atom stereocenters. The molecule has 2 nitrogen and oxygen atoms in total. The van der Waals surface area contributed by atoms with Crippen molar-refractivity contribution in [3.05, 3.63) is 40.4 Å². The van der Waals surface area contributed by atoms with Gasteiger partial charge in [0, 0.05) is 12.0 Å². The second-order valence-electron chi connectivity index (χ2n) is 3.70. The van der Waals surface area contributed by atoms with E-state index in [0.717, 1.165) is 16.3 Å². The van der Waals surface area contributed by atoms with Crippen molar-refractivity contribution in [2.24, 2.45) is 0 Å². The van der Waals surface area contributed by atoms with Gasteiger partial charge in [0.05, 0.1) is 5.02 Å². The molecule has 1 aliphatic rings. The number of hydrogen-bond acceptors (Lipinski definition) is 2. The normalized spacial score (nSPS) is 13.8. The molecule has 1 N–H and O–H groups in total. The van der Waals surface area contributed by atoms with Gasteiger partial charge in [0.2, 0.25) is 0 Å². The molecule has 0 bridgehead atoms. The summed E-state index contributed by atoms with van der Waals surface area (Å²) in [6.45, 7) is 0. The average Bonchev–Trinajstić information content (AvgIpc) is 2.53. The van der Waals surface area contributed by atoms with Gasteiger partial charge >= 0.3 is 0 Å². The van der Waals surface area contributed by atoms with Crippen molar-refractivity contribution in [3.63, 3.8) is 0 Å². The number of carbonyl (C=O) groups excluding carboxylic acids is 1. The fourth-order valence-corrected chi connectivity index (χ4v) is 2.42. The van der Waals surface area contributed by atoms with Gasteiger partial charge in [-0.05, 0) is 22.4 Å². The maximum absolute atomic E-state index is 11.7. The highest BCUT2D eigenvalue weighted by molar-refractivity contribution is 6.38. The van der Waals surface area contributed by atoms with Crippen LogP contribution in [0.3, 0.4) is 0 Å². The molecule has 0 aliphatic heterocycles. The monoisotopic (exact) mass is 218 g/mol. The Bertz CT molecular complexity index is 602. The summed E-state index contributed by atoms with van der Waals surface area (Å²) in [5.74, 6) is -0.0336. The number of carbonyl (C=O) groups is 1. The number of ketones is 1. The maximum Gasteiger partial charge on any atom is 0.169 e. The Morgan fingerprint density at radius 2 is 2.13 bits per heavy atom. The molecule has 0 fully saturated rings. The minimum atomic E-state index is -0.0217. The van der Waals surface area contributed by atoms with Crippen LogP contribution in [0.1, 0.15) is 15.9 Å². The molecule has 0 amide bonds. The summed E-state index contributed by atoms with van der Waals surface area (Å²) < 4.78 is 0. The van der Waals surface area contributed by atoms with Gasteiger partial charge in [0.15, 0.2) is 5.78 Å². The van der Waals surface area contributed by atoms with Crippen LogP contribution in [0.15, 0.2) is 24.3 Å². The van der Waals surface area contributed by atoms with E-state index in [1.54, 1.807) is 6.07 Å². The topological polar surface area (TPSA) is 37.3 Å². The third-order valence-electron chi connectivity index (χ3n) is 2.80. The lowest BCUT2D eigenvalue weighted by Crippen LogP contribution is -1.95. The zero-order chi connectivity index (χ0) is 10.6. The summed E-state index contributed by atoms with van der Waals surface area (Å²) in [5.41, 5.74) is 1.47. The molecule has 3 rings (SSSR count). The zero-order valence-corrected chi connectivity index (χ0v) is 8.51. The van der Waals surface area contributed by atoms with Crippen LogP contribution in [-0.4, -0.2) is 10.9 Å². The molecule has 2 aromatic rings. The Kier molecular flexibility index (Phi) is 1.59. The van der Waals surface area contributed by atoms with E-state index in [1.165, 1.54) is 0 Å². The molecular weight excluding hydrogens is 212 g/mol. The van der Waals surface area contributed by atoms with E-state index in [0.29, 0.717) is 12.0 Å². The average molecular weight is 219 g/mol. The first kappa shape index (κ1) is 8.74. The Morgan fingerprint density at radius 1 is 1.33 bits per heavy atom. The maximum atomic E-state index is 11.7. The second kappa shape index (κ2) is 2.74. The van der Waals surface area contributed by atoms with E-state index < -0.39 is 0 Å². The van der Waals surface area contributed by atoms with Crippen molar-refractivity contribution >= 4 is 28.2 Å². The van der Waals surface area contributed by atoms with Crippen LogP contribution in [0.5, 0.6) is 5.75 Å². The lowest BCUT2D eigenvalue weighted by atomic mass is 10.0. The largest absolute Gasteiger partial charge is 0.506 e. The molecule has 0 saturated carbocycles. The van der Waals surface area contributed by atoms with Gasteiger partial charge in [0.1, 0.15) is 5.75 Å². The highest BCUT2D eigenvalue weighted by Crippen LogP contribution is 2.40. The molecule has 0 heterocycles. The van der Waals surface area contributed by atoms with E-state index in [4.69, 9.17) is 11.6 Å². The fourth-order valence-electron chi connectivity index (χ4n) is 2.16. The predicted molar refractivity (Wildman–Crippen MR) is 58.7 cm³/mol. The molecule has 15 heavy (non-hydrogen) atoms. The van der Waals surface area contributed by atoms with Crippen LogP contribution in [0.2, 0.25) is 5.02 Å². The van der Waals surface area contributed by atoms with Gasteiger partial charge in [-0.1, -0.05) is 29.8 Å². The van der Waals surface area contributed by atoms with Crippen LogP contribution in [0.4, 0.5) is 0 Å². The van der Waals surface area contributed by atoms with E-state index in [2.05, 4.69) is 0 Å². The number of phenolic OH excluding ortho intramolecular Hbond substituents is 1. The quantitative estimate of drug-likeness (QED) is 0.738. The molecule has 0 aromatic heterocycles. The standard InChI is InChI=1S/C12H7ClO2/c13-12-9(15)5-7-3-1-2-6-4-8(14)11(12)10(6)7/h1-3,5,15H,4H2. The number of aromatic hydroxyl groups is 1. The molecule has 0 unspecified atom stereocenters. The summed E-state index contributed by atoms with van der Waals surface area (Å²) in [4.78, 5) is 11.7. The first-order valence-corrected chi connectivity index (χ1v) is 5.02. The summed E-state index contributed by atoms with van der Waals surface area (Å²) in [6, 6.07) is 7.28. The minimum Gasteiger partial charge on any atom is -0.506 e. The van der Waals surface area contributed by atoms with Gasteiger partial charge in [-0.2, -0.15) is 0 Å². The van der Waals surface area contributed by atoms with Crippen LogP contribution in [-0.2, 0) is 6.42 Å². The van der Waals surface area contributed by atoms with Gasteiger partial charge in [-0.15, -0.1) is 0 Å². The molecule has 2 aromatic carbocycles. The van der Waals surface area contributed by atoms with Crippen molar-refractivity contribution in [1.29, 1.82) is 0 Å². The fraction of sp³-hybridized carbons (Fsp3) is 0.0833. The third-order valence-corrected chi connectivity index (χ3v) is 3.18. The minimum absolute atomic E-state index is 0.0119. The molecule has 0 radical (unpaired) electrons. The molecule has 3 heteroatoms. The number of halogens is 1. The summed E-state index contributed by atoms with van der Waals surface area (Å²) >= 11 is 5.93. The summed E-state index contributed by atoms with van der Waals surface area (Å²) in [6.07, 6.45) is 0.385. The van der Waals surface area contributed by atoms with Crippen molar-refractivity contribution in [2.45, 2.75) is 6.42 Å². The predicted octanol–water partition coefficient (Wildman–Crippen LogP) is 2.94. The lowest BCUT2D eigenvalue weighted by molar-refractivity contribution is 0.0999. The van der Waals surface area contributed by atoms with E-state index >= 15 is 0 Å².